The van der Waals surface area contributed by atoms with Crippen molar-refractivity contribution in [2.45, 2.75) is 31.1 Å². The summed E-state index contributed by atoms with van der Waals surface area (Å²) in [7, 11) is -3.73. The van der Waals surface area contributed by atoms with Crippen molar-refractivity contribution in [1.82, 2.24) is 15.5 Å². The number of pyridine rings is 1. The highest BCUT2D eigenvalue weighted by atomic mass is 32.2. The molecule has 3 N–H and O–H groups in total. The zero-order valence-electron chi connectivity index (χ0n) is 16.4. The Morgan fingerprint density at radius 2 is 1.97 bits per heavy atom. The Hall–Kier alpha value is -3.08. The van der Waals surface area contributed by atoms with Crippen LogP contribution in [0.25, 0.3) is 11.1 Å². The minimum Gasteiger partial charge on any atom is -0.362 e. The molecule has 0 spiro atoms. The fourth-order valence-electron chi connectivity index (χ4n) is 3.37. The fraction of sp³-hybridized carbons (Fsp3) is 0.316. The first-order valence-electron chi connectivity index (χ1n) is 9.00. The Balaban J connectivity index is 1.72. The van der Waals surface area contributed by atoms with Crippen molar-refractivity contribution in [1.29, 1.82) is 5.41 Å². The van der Waals surface area contributed by atoms with Crippen LogP contribution in [0.5, 0.6) is 0 Å². The van der Waals surface area contributed by atoms with Gasteiger partial charge in [0.2, 0.25) is 5.82 Å². The molecule has 3 aromatic rings. The van der Waals surface area contributed by atoms with Crippen LogP contribution in [0, 0.1) is 17.0 Å². The number of hydrogen-bond acceptors (Lipinski definition) is 7. The average molecular weight is 435 g/mol. The molecule has 11 heteroatoms. The minimum atomic E-state index is -3.73. The van der Waals surface area contributed by atoms with Crippen LogP contribution in [0.15, 0.2) is 35.0 Å². The number of rotatable bonds is 3. The number of benzene rings is 1. The van der Waals surface area contributed by atoms with E-state index in [0.717, 1.165) is 12.3 Å². The van der Waals surface area contributed by atoms with Gasteiger partial charge in [-0.3, -0.25) is 5.41 Å². The highest BCUT2D eigenvalue weighted by Gasteiger charge is 2.51. The lowest BCUT2D eigenvalue weighted by Gasteiger charge is -2.43. The molecule has 0 saturated carbocycles. The first-order chi connectivity index (χ1) is 13.9. The van der Waals surface area contributed by atoms with Crippen molar-refractivity contribution >= 4 is 38.3 Å². The van der Waals surface area contributed by atoms with Crippen LogP contribution < -0.4 is 10.6 Å². The number of anilines is 2. The van der Waals surface area contributed by atoms with E-state index in [9.17, 15) is 17.2 Å². The van der Waals surface area contributed by atoms with Gasteiger partial charge in [-0.1, -0.05) is 5.16 Å². The standard InChI is InChI=1S/C19H19F2N5O3S/c1-18(2)17(22)25-19(3,9-30(18,27)28)12-7-11(4-5-13(12)21)24-16-15-14(29-26-16)6-10(20)8-23-15/h4-8H,9H2,1-3H3,(H2,22,25)(H,24,26). The molecule has 1 fully saturated rings. The third-order valence-corrected chi connectivity index (χ3v) is 8.08. The molecule has 8 nitrogen and oxygen atoms in total. The maximum absolute atomic E-state index is 14.7. The predicted molar refractivity (Wildman–Crippen MR) is 108 cm³/mol. The van der Waals surface area contributed by atoms with Gasteiger partial charge in [-0.05, 0) is 39.0 Å². The lowest BCUT2D eigenvalue weighted by Crippen LogP contribution is -2.64. The summed E-state index contributed by atoms with van der Waals surface area (Å²) in [5, 5.41) is 17.8. The number of halogens is 2. The van der Waals surface area contributed by atoms with Crippen LogP contribution in [-0.2, 0) is 15.4 Å². The summed E-state index contributed by atoms with van der Waals surface area (Å²) < 4.78 is 57.2. The van der Waals surface area contributed by atoms with Crippen LogP contribution in [0.3, 0.4) is 0 Å². The monoisotopic (exact) mass is 435 g/mol. The van der Waals surface area contributed by atoms with Crippen LogP contribution >= 0.6 is 0 Å². The zero-order chi connectivity index (χ0) is 21.9. The van der Waals surface area contributed by atoms with Crippen molar-refractivity contribution in [2.75, 3.05) is 11.1 Å². The van der Waals surface area contributed by atoms with Crippen molar-refractivity contribution in [2.24, 2.45) is 0 Å². The van der Waals surface area contributed by atoms with Gasteiger partial charge in [0.1, 0.15) is 22.2 Å². The van der Waals surface area contributed by atoms with E-state index < -0.39 is 31.8 Å². The van der Waals surface area contributed by atoms with Gasteiger partial charge in [-0.25, -0.2) is 22.2 Å². The number of fused-ring (bicyclic) bond motifs is 1. The smallest absolute Gasteiger partial charge is 0.200 e. The number of aromatic nitrogens is 2. The van der Waals surface area contributed by atoms with E-state index in [0.29, 0.717) is 5.69 Å². The van der Waals surface area contributed by atoms with Gasteiger partial charge >= 0.3 is 0 Å². The summed E-state index contributed by atoms with van der Waals surface area (Å²) in [5.41, 5.74) is -0.453. The van der Waals surface area contributed by atoms with Crippen LogP contribution in [0.1, 0.15) is 26.3 Å². The summed E-state index contributed by atoms with van der Waals surface area (Å²) in [5.74, 6) is -1.59. The van der Waals surface area contributed by atoms with E-state index >= 15 is 0 Å². The number of nitrogens with one attached hydrogen (secondary N) is 3. The van der Waals surface area contributed by atoms with Gasteiger partial charge in [-0.15, -0.1) is 0 Å². The molecule has 158 valence electrons. The molecule has 2 aromatic heterocycles. The average Bonchev–Trinajstić information content (AvgIpc) is 3.03. The molecular formula is C19H19F2N5O3S. The Morgan fingerprint density at radius 1 is 1.23 bits per heavy atom. The molecule has 4 rings (SSSR count). The molecule has 1 aliphatic rings. The number of amidine groups is 1. The highest BCUT2D eigenvalue weighted by molar-refractivity contribution is 7.93. The number of nitrogens with zero attached hydrogens (tertiary/aromatic N) is 2. The predicted octanol–water partition coefficient (Wildman–Crippen LogP) is 3.23. The lowest BCUT2D eigenvalue weighted by molar-refractivity contribution is 0.422. The maximum Gasteiger partial charge on any atom is 0.200 e. The van der Waals surface area contributed by atoms with E-state index in [4.69, 9.17) is 9.93 Å². The maximum atomic E-state index is 14.7. The highest BCUT2D eigenvalue weighted by Crippen LogP contribution is 2.36. The molecule has 1 unspecified atom stereocenters. The fourth-order valence-corrected chi connectivity index (χ4v) is 5.08. The second-order valence-corrected chi connectivity index (χ2v) is 10.5. The quantitative estimate of drug-likeness (QED) is 0.577. The molecule has 1 aromatic carbocycles. The van der Waals surface area contributed by atoms with E-state index in [1.165, 1.54) is 39.0 Å². The van der Waals surface area contributed by atoms with Gasteiger partial charge in [0, 0.05) is 17.3 Å². The van der Waals surface area contributed by atoms with E-state index in [-0.39, 0.29) is 34.1 Å². The third-order valence-electron chi connectivity index (χ3n) is 5.36. The van der Waals surface area contributed by atoms with Crippen LogP contribution in [0.2, 0.25) is 0 Å². The molecule has 0 bridgehead atoms. The van der Waals surface area contributed by atoms with E-state index in [2.05, 4.69) is 20.8 Å². The molecule has 0 amide bonds. The summed E-state index contributed by atoms with van der Waals surface area (Å²) in [6, 6.07) is 5.21. The van der Waals surface area contributed by atoms with Gasteiger partial charge < -0.3 is 15.2 Å². The van der Waals surface area contributed by atoms with Crippen molar-refractivity contribution in [3.05, 3.63) is 47.7 Å². The molecule has 3 heterocycles. The summed E-state index contributed by atoms with van der Waals surface area (Å²) in [6.45, 7) is 4.42. The molecule has 1 atom stereocenters. The molecule has 30 heavy (non-hydrogen) atoms. The first-order valence-corrected chi connectivity index (χ1v) is 10.7. The van der Waals surface area contributed by atoms with Crippen molar-refractivity contribution < 1.29 is 21.7 Å². The Kier molecular flexibility index (Phi) is 4.35. The second-order valence-electron chi connectivity index (χ2n) is 7.95. The van der Waals surface area contributed by atoms with Gasteiger partial charge in [0.05, 0.1) is 17.5 Å². The van der Waals surface area contributed by atoms with Crippen LogP contribution in [0.4, 0.5) is 20.3 Å². The van der Waals surface area contributed by atoms with E-state index in [1.54, 1.807) is 0 Å². The Morgan fingerprint density at radius 3 is 2.67 bits per heavy atom. The molecular weight excluding hydrogens is 416 g/mol. The summed E-state index contributed by atoms with van der Waals surface area (Å²) in [4.78, 5) is 3.94. The molecule has 1 saturated heterocycles. The topological polar surface area (TPSA) is 121 Å². The Bertz CT molecular complexity index is 1290. The number of hydrogen-bond donors (Lipinski definition) is 3. The van der Waals surface area contributed by atoms with Gasteiger partial charge in [0.15, 0.2) is 20.9 Å². The SMILES string of the molecule is CC1(c2cc(Nc3noc4cc(F)cnc34)ccc2F)CS(=O)(=O)C(C)(C)C(=N)N1. The normalized spacial score (nSPS) is 22.6. The largest absolute Gasteiger partial charge is 0.362 e. The number of sulfone groups is 1. The summed E-state index contributed by atoms with van der Waals surface area (Å²) in [6.07, 6.45) is 1.02. The zero-order valence-corrected chi connectivity index (χ0v) is 17.2. The van der Waals surface area contributed by atoms with Crippen molar-refractivity contribution in [3.8, 4) is 0 Å². The third kappa shape index (κ3) is 3.09. The molecule has 0 aliphatic carbocycles. The van der Waals surface area contributed by atoms with Crippen molar-refractivity contribution in [3.63, 3.8) is 0 Å². The Labute approximate surface area is 171 Å². The van der Waals surface area contributed by atoms with Gasteiger partial charge in [0.25, 0.3) is 0 Å². The molecule has 0 radical (unpaired) electrons. The molecule has 1 aliphatic heterocycles. The second kappa shape index (κ2) is 6.46. The first kappa shape index (κ1) is 20.2. The summed E-state index contributed by atoms with van der Waals surface area (Å²) >= 11 is 0. The minimum absolute atomic E-state index is 0.0723. The van der Waals surface area contributed by atoms with E-state index in [1.807, 2.05) is 0 Å². The van der Waals surface area contributed by atoms with Gasteiger partial charge in [-0.2, -0.15) is 0 Å². The van der Waals surface area contributed by atoms with Crippen LogP contribution in [-0.4, -0.2) is 34.9 Å². The lowest BCUT2D eigenvalue weighted by atomic mass is 9.91.